The lowest BCUT2D eigenvalue weighted by Crippen LogP contribution is -2.33. The number of carbonyl (C=O) groups excluding carboxylic acids is 1. The lowest BCUT2D eigenvalue weighted by molar-refractivity contribution is -0.158. The minimum Gasteiger partial charge on any atom is -0.460 e. The van der Waals surface area contributed by atoms with Crippen LogP contribution in [0.1, 0.15) is 25.7 Å². The maximum absolute atomic E-state index is 11.0. The number of hydrogen-bond acceptors (Lipinski definition) is 4. The second-order valence-corrected chi connectivity index (χ2v) is 3.09. The molecule has 0 aromatic heterocycles. The number of ether oxygens (including phenoxy) is 1. The first-order valence-electron chi connectivity index (χ1n) is 4.32. The fourth-order valence-electron chi connectivity index (χ4n) is 1.35. The molecule has 0 heterocycles. The van der Waals surface area contributed by atoms with Crippen molar-refractivity contribution in [1.82, 2.24) is 0 Å². The van der Waals surface area contributed by atoms with Gasteiger partial charge < -0.3 is 15.6 Å². The molecule has 0 amide bonds. The Morgan fingerprint density at radius 3 is 2.67 bits per heavy atom. The molecule has 0 unspecified atom stereocenters. The van der Waals surface area contributed by atoms with Gasteiger partial charge in [0, 0.05) is 6.54 Å². The van der Waals surface area contributed by atoms with E-state index in [9.17, 15) is 4.79 Å². The molecule has 0 spiro atoms. The fraction of sp³-hybridized carbons (Fsp3) is 0.875. The minimum absolute atomic E-state index is 0.0127. The number of aliphatic hydroxyl groups is 1. The number of hydrogen-bond donors (Lipinski definition) is 2. The van der Waals surface area contributed by atoms with E-state index >= 15 is 0 Å². The number of rotatable bonds is 3. The zero-order chi connectivity index (χ0) is 8.97. The van der Waals surface area contributed by atoms with Gasteiger partial charge in [-0.25, -0.2) is 4.79 Å². The Morgan fingerprint density at radius 2 is 2.17 bits per heavy atom. The summed E-state index contributed by atoms with van der Waals surface area (Å²) >= 11 is 0. The SMILES string of the molecule is NC[C@H](O)C(=O)OC1CCCC1. The number of carbonyl (C=O) groups is 1. The molecule has 0 bridgehead atoms. The van der Waals surface area contributed by atoms with Crippen LogP contribution in [-0.2, 0) is 9.53 Å². The maximum atomic E-state index is 11.0. The number of nitrogens with two attached hydrogens (primary N) is 1. The monoisotopic (exact) mass is 173 g/mol. The zero-order valence-electron chi connectivity index (χ0n) is 7.03. The predicted molar refractivity (Wildman–Crippen MR) is 43.4 cm³/mol. The van der Waals surface area contributed by atoms with Crippen LogP contribution in [0.5, 0.6) is 0 Å². The molecule has 4 heteroatoms. The van der Waals surface area contributed by atoms with Crippen molar-refractivity contribution in [3.63, 3.8) is 0 Å². The van der Waals surface area contributed by atoms with Gasteiger partial charge in [0.05, 0.1) is 0 Å². The van der Waals surface area contributed by atoms with Crippen molar-refractivity contribution in [1.29, 1.82) is 0 Å². The smallest absolute Gasteiger partial charge is 0.336 e. The van der Waals surface area contributed by atoms with Crippen LogP contribution < -0.4 is 5.73 Å². The highest BCUT2D eigenvalue weighted by molar-refractivity contribution is 5.74. The molecule has 0 aromatic carbocycles. The molecular weight excluding hydrogens is 158 g/mol. The third-order valence-corrected chi connectivity index (χ3v) is 2.08. The van der Waals surface area contributed by atoms with E-state index in [1.165, 1.54) is 0 Å². The van der Waals surface area contributed by atoms with Crippen molar-refractivity contribution in [3.8, 4) is 0 Å². The van der Waals surface area contributed by atoms with Crippen LogP contribution in [0.4, 0.5) is 0 Å². The van der Waals surface area contributed by atoms with Crippen molar-refractivity contribution >= 4 is 5.97 Å². The molecule has 0 saturated heterocycles. The van der Waals surface area contributed by atoms with E-state index in [1.54, 1.807) is 0 Å². The van der Waals surface area contributed by atoms with Gasteiger partial charge in [-0.05, 0) is 25.7 Å². The number of aliphatic hydroxyl groups excluding tert-OH is 1. The highest BCUT2D eigenvalue weighted by Gasteiger charge is 2.22. The summed E-state index contributed by atoms with van der Waals surface area (Å²) in [6, 6.07) is 0. The van der Waals surface area contributed by atoms with Crippen molar-refractivity contribution in [2.75, 3.05) is 6.54 Å². The normalized spacial score (nSPS) is 20.8. The molecule has 3 N–H and O–H groups in total. The molecular formula is C8H15NO3. The summed E-state index contributed by atoms with van der Waals surface area (Å²) in [6.45, 7) is -0.0639. The van der Waals surface area contributed by atoms with Gasteiger partial charge >= 0.3 is 5.97 Å². The lowest BCUT2D eigenvalue weighted by Gasteiger charge is -2.13. The van der Waals surface area contributed by atoms with Crippen LogP contribution >= 0.6 is 0 Å². The van der Waals surface area contributed by atoms with Crippen LogP contribution in [0.25, 0.3) is 0 Å². The molecule has 4 nitrogen and oxygen atoms in total. The summed E-state index contributed by atoms with van der Waals surface area (Å²) in [5.74, 6) is -0.579. The summed E-state index contributed by atoms with van der Waals surface area (Å²) in [6.07, 6.45) is 2.92. The van der Waals surface area contributed by atoms with E-state index < -0.39 is 12.1 Å². The Kier molecular flexibility index (Phi) is 3.49. The van der Waals surface area contributed by atoms with Gasteiger partial charge in [0.1, 0.15) is 6.10 Å². The second-order valence-electron chi connectivity index (χ2n) is 3.09. The Morgan fingerprint density at radius 1 is 1.58 bits per heavy atom. The summed E-state index contributed by atoms with van der Waals surface area (Å²) in [7, 11) is 0. The summed E-state index contributed by atoms with van der Waals surface area (Å²) in [5.41, 5.74) is 5.10. The highest BCUT2D eigenvalue weighted by atomic mass is 16.6. The van der Waals surface area contributed by atoms with Gasteiger partial charge in [-0.1, -0.05) is 0 Å². The van der Waals surface area contributed by atoms with Crippen LogP contribution in [-0.4, -0.2) is 29.8 Å². The van der Waals surface area contributed by atoms with Gasteiger partial charge in [0.25, 0.3) is 0 Å². The van der Waals surface area contributed by atoms with Crippen LogP contribution in [0.3, 0.4) is 0 Å². The van der Waals surface area contributed by atoms with E-state index in [0.29, 0.717) is 0 Å². The second kappa shape index (κ2) is 4.42. The quantitative estimate of drug-likeness (QED) is 0.579. The Balaban J connectivity index is 2.25. The minimum atomic E-state index is -1.15. The van der Waals surface area contributed by atoms with Crippen LogP contribution in [0, 0.1) is 0 Å². The predicted octanol–water partition coefficient (Wildman–Crippen LogP) is -0.208. The molecule has 1 saturated carbocycles. The van der Waals surface area contributed by atoms with Crippen LogP contribution in [0.15, 0.2) is 0 Å². The van der Waals surface area contributed by atoms with Crippen molar-refractivity contribution in [2.45, 2.75) is 37.9 Å². The standard InChI is InChI=1S/C8H15NO3/c9-5-7(10)8(11)12-6-3-1-2-4-6/h6-7,10H,1-5,9H2/t7-/m0/s1. The third-order valence-electron chi connectivity index (χ3n) is 2.08. The summed E-state index contributed by atoms with van der Waals surface area (Å²) < 4.78 is 5.00. The van der Waals surface area contributed by atoms with E-state index in [-0.39, 0.29) is 12.6 Å². The lowest BCUT2D eigenvalue weighted by atomic mass is 10.3. The third kappa shape index (κ3) is 2.46. The van der Waals surface area contributed by atoms with E-state index in [1.807, 2.05) is 0 Å². The molecule has 12 heavy (non-hydrogen) atoms. The number of esters is 1. The first-order chi connectivity index (χ1) is 5.74. The van der Waals surface area contributed by atoms with Crippen molar-refractivity contribution < 1.29 is 14.6 Å². The fourth-order valence-corrected chi connectivity index (χ4v) is 1.35. The molecule has 1 rings (SSSR count). The average Bonchev–Trinajstić information content (AvgIpc) is 2.55. The highest BCUT2D eigenvalue weighted by Crippen LogP contribution is 2.21. The molecule has 1 aliphatic rings. The van der Waals surface area contributed by atoms with Gasteiger partial charge in [-0.15, -0.1) is 0 Å². The maximum Gasteiger partial charge on any atom is 0.336 e. The van der Waals surface area contributed by atoms with Gasteiger partial charge in [0.2, 0.25) is 0 Å². The molecule has 1 fully saturated rings. The topological polar surface area (TPSA) is 72.5 Å². The molecule has 70 valence electrons. The van der Waals surface area contributed by atoms with Crippen molar-refractivity contribution in [2.24, 2.45) is 5.73 Å². The largest absolute Gasteiger partial charge is 0.460 e. The Labute approximate surface area is 71.7 Å². The van der Waals surface area contributed by atoms with E-state index in [2.05, 4.69) is 0 Å². The zero-order valence-corrected chi connectivity index (χ0v) is 7.03. The van der Waals surface area contributed by atoms with Crippen LogP contribution in [0.2, 0.25) is 0 Å². The molecule has 0 radical (unpaired) electrons. The summed E-state index contributed by atoms with van der Waals surface area (Å²) in [5, 5.41) is 8.99. The average molecular weight is 173 g/mol. The molecule has 1 atom stereocenters. The van der Waals surface area contributed by atoms with Gasteiger partial charge in [-0.2, -0.15) is 0 Å². The van der Waals surface area contributed by atoms with Gasteiger partial charge in [0.15, 0.2) is 6.10 Å². The van der Waals surface area contributed by atoms with Gasteiger partial charge in [-0.3, -0.25) is 0 Å². The van der Waals surface area contributed by atoms with Crippen molar-refractivity contribution in [3.05, 3.63) is 0 Å². The Hall–Kier alpha value is -0.610. The molecule has 0 aliphatic heterocycles. The first kappa shape index (κ1) is 9.48. The van der Waals surface area contributed by atoms with E-state index in [0.717, 1.165) is 25.7 Å². The first-order valence-corrected chi connectivity index (χ1v) is 4.32. The Bertz CT molecular complexity index is 154. The van der Waals surface area contributed by atoms with E-state index in [4.69, 9.17) is 15.6 Å². The summed E-state index contributed by atoms with van der Waals surface area (Å²) in [4.78, 5) is 11.0. The molecule has 0 aromatic rings. The molecule has 1 aliphatic carbocycles.